The molecule has 0 aromatic carbocycles. The molecule has 2 rings (SSSR count). The molecule has 1 amide bonds. The van der Waals surface area contributed by atoms with Crippen molar-refractivity contribution in [1.82, 2.24) is 5.01 Å². The number of nitrogens with zero attached hydrogens (tertiary/aromatic N) is 2. The summed E-state index contributed by atoms with van der Waals surface area (Å²) in [5.41, 5.74) is -3.20. The van der Waals surface area contributed by atoms with Crippen LogP contribution in [0.15, 0.2) is 22.6 Å². The lowest BCUT2D eigenvalue weighted by atomic mass is 10.1. The number of amides is 1. The van der Waals surface area contributed by atoms with Crippen molar-refractivity contribution in [2.75, 3.05) is 0 Å². The number of carbonyl (C=O) groups excluding carboxylic acids is 1. The molecule has 0 fully saturated rings. The van der Waals surface area contributed by atoms with Gasteiger partial charge in [0, 0.05) is 12.1 Å². The van der Waals surface area contributed by atoms with Crippen LogP contribution >= 0.6 is 11.3 Å². The Balaban J connectivity index is 2.39. The van der Waals surface area contributed by atoms with Crippen LogP contribution in [0.4, 0.5) is 13.2 Å². The van der Waals surface area contributed by atoms with Crippen LogP contribution in [0.25, 0.3) is 0 Å². The molecule has 0 unspecified atom stereocenters. The van der Waals surface area contributed by atoms with Crippen molar-refractivity contribution in [2.24, 2.45) is 5.10 Å². The maximum absolute atomic E-state index is 12.9. The number of aliphatic hydroxyl groups is 1. The van der Waals surface area contributed by atoms with E-state index in [1.165, 1.54) is 19.1 Å². The number of hydrogen-bond acceptors (Lipinski definition) is 4. The normalized spacial score (nSPS) is 24.3. The Labute approximate surface area is 104 Å². The van der Waals surface area contributed by atoms with Gasteiger partial charge in [-0.2, -0.15) is 23.3 Å². The van der Waals surface area contributed by atoms with Gasteiger partial charge in [0.05, 0.1) is 4.88 Å². The Morgan fingerprint density at radius 2 is 2.28 bits per heavy atom. The van der Waals surface area contributed by atoms with E-state index in [0.29, 0.717) is 0 Å². The smallest absolute Gasteiger partial charge is 0.362 e. The van der Waals surface area contributed by atoms with E-state index in [2.05, 4.69) is 5.10 Å². The number of carbonyl (C=O) groups is 1. The first-order valence-electron chi connectivity index (χ1n) is 4.97. The minimum absolute atomic E-state index is 0.0553. The number of alkyl halides is 3. The molecule has 8 heteroatoms. The topological polar surface area (TPSA) is 52.9 Å². The number of thiophene rings is 1. The van der Waals surface area contributed by atoms with E-state index >= 15 is 0 Å². The van der Waals surface area contributed by atoms with Gasteiger partial charge in [-0.15, -0.1) is 11.3 Å². The fourth-order valence-electron chi connectivity index (χ4n) is 1.66. The van der Waals surface area contributed by atoms with E-state index in [9.17, 15) is 23.1 Å². The molecule has 18 heavy (non-hydrogen) atoms. The highest BCUT2D eigenvalue weighted by Gasteiger charge is 2.62. The summed E-state index contributed by atoms with van der Waals surface area (Å²) in [6, 6.07) is 2.92. The third-order valence-electron chi connectivity index (χ3n) is 2.50. The van der Waals surface area contributed by atoms with Crippen molar-refractivity contribution in [3.8, 4) is 0 Å². The van der Waals surface area contributed by atoms with E-state index in [1.54, 1.807) is 5.38 Å². The van der Waals surface area contributed by atoms with Crippen molar-refractivity contribution >= 4 is 23.0 Å². The lowest BCUT2D eigenvalue weighted by molar-refractivity contribution is -0.297. The SMILES string of the molecule is CC1=NN(C(=O)c2cccs2)[C@](O)(C(F)(F)F)C1. The van der Waals surface area contributed by atoms with Crippen molar-refractivity contribution < 1.29 is 23.1 Å². The van der Waals surface area contributed by atoms with Crippen molar-refractivity contribution in [1.29, 1.82) is 0 Å². The Kier molecular flexibility index (Phi) is 2.94. The fourth-order valence-corrected chi connectivity index (χ4v) is 2.31. The van der Waals surface area contributed by atoms with E-state index < -0.39 is 24.2 Å². The lowest BCUT2D eigenvalue weighted by Gasteiger charge is -2.32. The standard InChI is InChI=1S/C10H9F3N2O2S/c1-6-5-9(17,10(11,12)13)15(14-6)8(16)7-3-2-4-18-7/h2-4,17H,5H2,1H3/t9-/m1/s1. The number of hydrazone groups is 1. The van der Waals surface area contributed by atoms with Gasteiger partial charge >= 0.3 is 6.18 Å². The van der Waals surface area contributed by atoms with Crippen LogP contribution in [0.1, 0.15) is 23.0 Å². The average molecular weight is 278 g/mol. The summed E-state index contributed by atoms with van der Waals surface area (Å²) in [6.07, 6.45) is -5.69. The fraction of sp³-hybridized carbons (Fsp3) is 0.400. The highest BCUT2D eigenvalue weighted by Crippen LogP contribution is 2.41. The van der Waals surface area contributed by atoms with Crippen LogP contribution in [-0.2, 0) is 0 Å². The highest BCUT2D eigenvalue weighted by molar-refractivity contribution is 7.12. The minimum Gasteiger partial charge on any atom is -0.362 e. The van der Waals surface area contributed by atoms with Crippen LogP contribution in [-0.4, -0.2) is 33.6 Å². The molecule has 0 saturated heterocycles. The molecule has 0 aliphatic carbocycles. The van der Waals surface area contributed by atoms with E-state index in [1.807, 2.05) is 0 Å². The molecule has 1 N–H and O–H groups in total. The molecule has 0 radical (unpaired) electrons. The first kappa shape index (κ1) is 13.0. The molecule has 1 aliphatic heterocycles. The first-order chi connectivity index (χ1) is 8.25. The molecule has 1 aromatic rings. The van der Waals surface area contributed by atoms with Gasteiger partial charge in [-0.25, -0.2) is 0 Å². The molecule has 98 valence electrons. The van der Waals surface area contributed by atoms with Gasteiger partial charge in [0.2, 0.25) is 0 Å². The van der Waals surface area contributed by atoms with Crippen LogP contribution < -0.4 is 0 Å². The van der Waals surface area contributed by atoms with Gasteiger partial charge < -0.3 is 5.11 Å². The summed E-state index contributed by atoms with van der Waals surface area (Å²) in [6.45, 7) is 1.33. The molecular weight excluding hydrogens is 269 g/mol. The van der Waals surface area contributed by atoms with Crippen LogP contribution in [0.3, 0.4) is 0 Å². The van der Waals surface area contributed by atoms with E-state index in [0.717, 1.165) is 11.3 Å². The molecule has 1 aliphatic rings. The summed E-state index contributed by atoms with van der Waals surface area (Å²) in [5.74, 6) is -0.957. The monoisotopic (exact) mass is 278 g/mol. The minimum atomic E-state index is -4.96. The molecule has 1 aromatic heterocycles. The second kappa shape index (κ2) is 4.06. The Morgan fingerprint density at radius 3 is 2.78 bits per heavy atom. The number of halogens is 3. The molecule has 2 heterocycles. The van der Waals surface area contributed by atoms with Gasteiger partial charge in [-0.3, -0.25) is 4.79 Å². The van der Waals surface area contributed by atoms with Gasteiger partial charge in [0.15, 0.2) is 0 Å². The summed E-state index contributed by atoms with van der Waals surface area (Å²) in [5, 5.41) is 14.9. The summed E-state index contributed by atoms with van der Waals surface area (Å²) in [4.78, 5) is 12.0. The second-order valence-corrected chi connectivity index (χ2v) is 4.87. The maximum Gasteiger partial charge on any atom is 0.438 e. The van der Waals surface area contributed by atoms with Gasteiger partial charge in [-0.05, 0) is 18.4 Å². The highest BCUT2D eigenvalue weighted by atomic mass is 32.1. The summed E-state index contributed by atoms with van der Waals surface area (Å²) in [7, 11) is 0. The van der Waals surface area contributed by atoms with Crippen molar-refractivity contribution in [2.45, 2.75) is 25.2 Å². The first-order valence-corrected chi connectivity index (χ1v) is 5.85. The third kappa shape index (κ3) is 1.91. The molecule has 1 atom stereocenters. The summed E-state index contributed by atoms with van der Waals surface area (Å²) >= 11 is 0.992. The Hall–Kier alpha value is -1.41. The van der Waals surface area contributed by atoms with E-state index in [4.69, 9.17) is 0 Å². The average Bonchev–Trinajstić information content (AvgIpc) is 2.84. The van der Waals surface area contributed by atoms with Crippen molar-refractivity contribution in [3.63, 3.8) is 0 Å². The number of rotatable bonds is 1. The molecule has 0 spiro atoms. The van der Waals surface area contributed by atoms with Crippen LogP contribution in [0.2, 0.25) is 0 Å². The summed E-state index contributed by atoms with van der Waals surface area (Å²) < 4.78 is 38.6. The zero-order valence-corrected chi connectivity index (χ0v) is 10.0. The molecule has 0 bridgehead atoms. The molecule has 4 nitrogen and oxygen atoms in total. The van der Waals surface area contributed by atoms with Crippen LogP contribution in [0, 0.1) is 0 Å². The van der Waals surface area contributed by atoms with Crippen LogP contribution in [0.5, 0.6) is 0 Å². The predicted molar refractivity (Wildman–Crippen MR) is 59.2 cm³/mol. The largest absolute Gasteiger partial charge is 0.438 e. The van der Waals surface area contributed by atoms with Crippen molar-refractivity contribution in [3.05, 3.63) is 22.4 Å². The lowest BCUT2D eigenvalue weighted by Crippen LogP contribution is -2.56. The molecule has 0 saturated carbocycles. The molecular formula is C10H9F3N2O2S. The van der Waals surface area contributed by atoms with Gasteiger partial charge in [0.25, 0.3) is 11.6 Å². The maximum atomic E-state index is 12.9. The zero-order chi connectivity index (χ0) is 13.6. The van der Waals surface area contributed by atoms with Gasteiger partial charge in [0.1, 0.15) is 0 Å². The Morgan fingerprint density at radius 1 is 1.61 bits per heavy atom. The Bertz CT molecular complexity index is 498. The van der Waals surface area contributed by atoms with Gasteiger partial charge in [-0.1, -0.05) is 6.07 Å². The zero-order valence-electron chi connectivity index (χ0n) is 9.23. The van der Waals surface area contributed by atoms with E-state index in [-0.39, 0.29) is 15.6 Å². The predicted octanol–water partition coefficient (Wildman–Crippen LogP) is 2.22. The third-order valence-corrected chi connectivity index (χ3v) is 3.36. The number of hydrogen-bond donors (Lipinski definition) is 1. The second-order valence-electron chi connectivity index (χ2n) is 3.92. The quantitative estimate of drug-likeness (QED) is 0.856.